The molecule has 4 heteroatoms. The predicted molar refractivity (Wildman–Crippen MR) is 106 cm³/mol. The van der Waals surface area contributed by atoms with E-state index in [4.69, 9.17) is 0 Å². The number of rotatable bonds is 3. The van der Waals surface area contributed by atoms with E-state index in [1.54, 1.807) is 0 Å². The molecule has 1 saturated carbocycles. The first-order valence-corrected chi connectivity index (χ1v) is 9.80. The summed E-state index contributed by atoms with van der Waals surface area (Å²) < 4.78 is 0. The van der Waals surface area contributed by atoms with Gasteiger partial charge in [0.1, 0.15) is 0 Å². The maximum Gasteiger partial charge on any atom is 0.227 e. The third-order valence-electron chi connectivity index (χ3n) is 6.73. The standard InChI is InChI=1S/C21H30N2O.ClH/c1-16(17-7-6-12-22-14-17)13-20(24)23-15-21(10-4-5-11-21)18-8-2-3-9-19(18)23;/h2-3,8-9,16-17,22H,4-7,10-15H2,1H3;1H. The summed E-state index contributed by atoms with van der Waals surface area (Å²) in [6.07, 6.45) is 8.31. The molecule has 2 heterocycles. The van der Waals surface area contributed by atoms with Crippen LogP contribution in [0, 0.1) is 11.8 Å². The number of nitrogens with zero attached hydrogens (tertiary/aromatic N) is 1. The maximum absolute atomic E-state index is 13.1. The van der Waals surface area contributed by atoms with Crippen LogP contribution in [0.2, 0.25) is 0 Å². The van der Waals surface area contributed by atoms with Gasteiger partial charge in [-0.05, 0) is 62.2 Å². The van der Waals surface area contributed by atoms with Crippen LogP contribution in [0.25, 0.3) is 0 Å². The Balaban J connectivity index is 0.00000182. The fraction of sp³-hybridized carbons (Fsp3) is 0.667. The maximum atomic E-state index is 13.1. The van der Waals surface area contributed by atoms with Gasteiger partial charge in [-0.1, -0.05) is 38.0 Å². The van der Waals surface area contributed by atoms with Crippen LogP contribution in [0.3, 0.4) is 0 Å². The molecule has 2 atom stereocenters. The van der Waals surface area contributed by atoms with Gasteiger partial charge in [0, 0.05) is 24.1 Å². The number of benzene rings is 1. The Kier molecular flexibility index (Phi) is 5.75. The molecule has 0 radical (unpaired) electrons. The molecular weight excluding hydrogens is 332 g/mol. The van der Waals surface area contributed by atoms with E-state index in [1.807, 2.05) is 0 Å². The predicted octanol–water partition coefficient (Wildman–Crippen LogP) is 4.29. The second-order valence-electron chi connectivity index (χ2n) is 8.27. The fourth-order valence-electron chi connectivity index (χ4n) is 5.25. The highest BCUT2D eigenvalue weighted by Gasteiger charge is 2.46. The van der Waals surface area contributed by atoms with Crippen molar-refractivity contribution in [3.8, 4) is 0 Å². The molecule has 1 aromatic carbocycles. The number of piperidine rings is 1. The van der Waals surface area contributed by atoms with Crippen LogP contribution >= 0.6 is 12.4 Å². The summed E-state index contributed by atoms with van der Waals surface area (Å²) in [5.74, 6) is 1.46. The van der Waals surface area contributed by atoms with Gasteiger partial charge in [-0.3, -0.25) is 4.79 Å². The molecule has 4 rings (SSSR count). The van der Waals surface area contributed by atoms with Crippen LogP contribution in [0.4, 0.5) is 5.69 Å². The van der Waals surface area contributed by atoms with Gasteiger partial charge in [-0.25, -0.2) is 0 Å². The van der Waals surface area contributed by atoms with Gasteiger partial charge < -0.3 is 10.2 Å². The summed E-state index contributed by atoms with van der Waals surface area (Å²) in [6, 6.07) is 8.65. The van der Waals surface area contributed by atoms with Gasteiger partial charge in [0.2, 0.25) is 5.91 Å². The first-order valence-electron chi connectivity index (χ1n) is 9.80. The Labute approximate surface area is 158 Å². The smallest absolute Gasteiger partial charge is 0.227 e. The molecule has 3 aliphatic rings. The first-order chi connectivity index (χ1) is 11.7. The van der Waals surface area contributed by atoms with E-state index >= 15 is 0 Å². The minimum atomic E-state index is 0. The van der Waals surface area contributed by atoms with E-state index in [1.165, 1.54) is 49.8 Å². The number of fused-ring (bicyclic) bond motifs is 2. The van der Waals surface area contributed by atoms with Crippen LogP contribution < -0.4 is 10.2 Å². The Morgan fingerprint density at radius 1 is 1.28 bits per heavy atom. The van der Waals surface area contributed by atoms with Gasteiger partial charge in [-0.2, -0.15) is 0 Å². The van der Waals surface area contributed by atoms with Gasteiger partial charge >= 0.3 is 0 Å². The number of carbonyl (C=O) groups excluding carboxylic acids is 1. The van der Waals surface area contributed by atoms with E-state index in [0.717, 1.165) is 19.6 Å². The molecule has 1 aromatic rings. The number of halogens is 1. The summed E-state index contributed by atoms with van der Waals surface area (Å²) in [5.41, 5.74) is 2.88. The third-order valence-corrected chi connectivity index (χ3v) is 6.73. The molecule has 0 aromatic heterocycles. The summed E-state index contributed by atoms with van der Waals surface area (Å²) >= 11 is 0. The second kappa shape index (κ2) is 7.67. The van der Waals surface area contributed by atoms with Gasteiger partial charge in [0.25, 0.3) is 0 Å². The monoisotopic (exact) mass is 362 g/mol. The summed E-state index contributed by atoms with van der Waals surface area (Å²) in [7, 11) is 0. The topological polar surface area (TPSA) is 32.3 Å². The van der Waals surface area contributed by atoms with E-state index in [0.29, 0.717) is 24.2 Å². The van der Waals surface area contributed by atoms with Gasteiger partial charge in [0.05, 0.1) is 0 Å². The molecule has 2 fully saturated rings. The van der Waals surface area contributed by atoms with Crippen LogP contribution in [-0.2, 0) is 10.2 Å². The highest BCUT2D eigenvalue weighted by atomic mass is 35.5. The SMILES string of the molecule is CC(CC(=O)N1CC2(CCCC2)c2ccccc21)C1CCCNC1.Cl. The average Bonchev–Trinajstić information content (AvgIpc) is 3.22. The molecule has 1 amide bonds. The largest absolute Gasteiger partial charge is 0.316 e. The number of hydrogen-bond acceptors (Lipinski definition) is 2. The molecule has 3 nitrogen and oxygen atoms in total. The number of carbonyl (C=O) groups is 1. The summed E-state index contributed by atoms with van der Waals surface area (Å²) in [6.45, 7) is 5.40. The molecule has 2 aliphatic heterocycles. The Morgan fingerprint density at radius 2 is 2.04 bits per heavy atom. The third kappa shape index (κ3) is 3.46. The molecule has 138 valence electrons. The first kappa shape index (κ1) is 18.7. The minimum absolute atomic E-state index is 0. The number of hydrogen-bond donors (Lipinski definition) is 1. The Hall–Kier alpha value is -1.06. The molecule has 2 unspecified atom stereocenters. The van der Waals surface area contributed by atoms with Crippen molar-refractivity contribution in [3.05, 3.63) is 29.8 Å². The van der Waals surface area contributed by atoms with Crippen molar-refractivity contribution in [2.45, 2.75) is 57.3 Å². The molecular formula is C21H31ClN2O. The minimum Gasteiger partial charge on any atom is -0.316 e. The van der Waals surface area contributed by atoms with Crippen LogP contribution in [-0.4, -0.2) is 25.5 Å². The summed E-state index contributed by atoms with van der Waals surface area (Å²) in [5, 5.41) is 3.49. The lowest BCUT2D eigenvalue weighted by molar-refractivity contribution is -0.119. The van der Waals surface area contributed by atoms with Crippen molar-refractivity contribution in [2.75, 3.05) is 24.5 Å². The average molecular weight is 363 g/mol. The molecule has 1 saturated heterocycles. The zero-order chi connectivity index (χ0) is 16.6. The van der Waals surface area contributed by atoms with Crippen molar-refractivity contribution in [1.29, 1.82) is 0 Å². The van der Waals surface area contributed by atoms with E-state index in [2.05, 4.69) is 41.4 Å². The zero-order valence-corrected chi connectivity index (χ0v) is 16.1. The molecule has 1 aliphatic carbocycles. The number of amides is 1. The van der Waals surface area contributed by atoms with Crippen molar-refractivity contribution in [2.24, 2.45) is 11.8 Å². The van der Waals surface area contributed by atoms with Crippen molar-refractivity contribution >= 4 is 24.0 Å². The number of nitrogens with one attached hydrogen (secondary N) is 1. The molecule has 25 heavy (non-hydrogen) atoms. The zero-order valence-electron chi connectivity index (χ0n) is 15.3. The van der Waals surface area contributed by atoms with Crippen LogP contribution in [0.15, 0.2) is 24.3 Å². The quantitative estimate of drug-likeness (QED) is 0.869. The Morgan fingerprint density at radius 3 is 2.76 bits per heavy atom. The number of anilines is 1. The van der Waals surface area contributed by atoms with Gasteiger partial charge in [0.15, 0.2) is 0 Å². The van der Waals surface area contributed by atoms with Crippen molar-refractivity contribution in [1.82, 2.24) is 5.32 Å². The van der Waals surface area contributed by atoms with Crippen molar-refractivity contribution in [3.63, 3.8) is 0 Å². The normalized spacial score (nSPS) is 25.5. The van der Waals surface area contributed by atoms with E-state index in [-0.39, 0.29) is 17.8 Å². The van der Waals surface area contributed by atoms with Crippen LogP contribution in [0.1, 0.15) is 57.4 Å². The lowest BCUT2D eigenvalue weighted by Gasteiger charge is -2.30. The Bertz CT molecular complexity index is 606. The highest BCUT2D eigenvalue weighted by molar-refractivity contribution is 5.96. The van der Waals surface area contributed by atoms with Gasteiger partial charge in [-0.15, -0.1) is 12.4 Å². The van der Waals surface area contributed by atoms with Crippen molar-refractivity contribution < 1.29 is 4.79 Å². The lowest BCUT2D eigenvalue weighted by atomic mass is 9.81. The summed E-state index contributed by atoms with van der Waals surface area (Å²) in [4.78, 5) is 15.2. The van der Waals surface area contributed by atoms with E-state index < -0.39 is 0 Å². The molecule has 1 N–H and O–H groups in total. The van der Waals surface area contributed by atoms with E-state index in [9.17, 15) is 4.79 Å². The van der Waals surface area contributed by atoms with Crippen LogP contribution in [0.5, 0.6) is 0 Å². The fourth-order valence-corrected chi connectivity index (χ4v) is 5.25. The molecule has 0 bridgehead atoms. The highest BCUT2D eigenvalue weighted by Crippen LogP contribution is 2.50. The second-order valence-corrected chi connectivity index (χ2v) is 8.27. The lowest BCUT2D eigenvalue weighted by Crippen LogP contribution is -2.39. The number of para-hydroxylation sites is 1. The molecule has 1 spiro atoms.